The van der Waals surface area contributed by atoms with Crippen LogP contribution < -0.4 is 9.86 Å². The Morgan fingerprint density at radius 3 is 2.47 bits per heavy atom. The van der Waals surface area contributed by atoms with E-state index in [9.17, 15) is 8.42 Å². The van der Waals surface area contributed by atoms with Crippen molar-refractivity contribution >= 4 is 10.2 Å². The van der Waals surface area contributed by atoms with Crippen molar-refractivity contribution in [2.24, 2.45) is 5.14 Å². The molecule has 102 valence electrons. The van der Waals surface area contributed by atoms with E-state index < -0.39 is 10.2 Å². The summed E-state index contributed by atoms with van der Waals surface area (Å²) < 4.78 is 26.0. The molecule has 0 aliphatic heterocycles. The molecule has 19 heavy (non-hydrogen) atoms. The van der Waals surface area contributed by atoms with Crippen LogP contribution in [-0.4, -0.2) is 18.2 Å². The maximum Gasteiger partial charge on any atom is 0.274 e. The topological polar surface area (TPSA) is 90.0 Å². The van der Waals surface area contributed by atoms with Crippen molar-refractivity contribution in [1.82, 2.24) is 14.5 Å². The highest BCUT2D eigenvalue weighted by atomic mass is 32.2. The molecule has 0 fully saturated rings. The lowest BCUT2D eigenvalue weighted by atomic mass is 10.2. The lowest BCUT2D eigenvalue weighted by molar-refractivity contribution is 0.583. The first-order valence-corrected chi connectivity index (χ1v) is 7.31. The van der Waals surface area contributed by atoms with E-state index in [1.165, 1.54) is 0 Å². The van der Waals surface area contributed by atoms with Crippen LogP contribution in [0.3, 0.4) is 0 Å². The number of rotatable bonds is 4. The molecule has 0 bridgehead atoms. The van der Waals surface area contributed by atoms with Crippen molar-refractivity contribution in [1.29, 1.82) is 0 Å². The van der Waals surface area contributed by atoms with Gasteiger partial charge in [0.25, 0.3) is 10.2 Å². The summed E-state index contributed by atoms with van der Waals surface area (Å²) in [6.07, 6.45) is 0. The average molecular weight is 280 g/mol. The second-order valence-electron chi connectivity index (χ2n) is 4.26. The number of benzene rings is 1. The van der Waals surface area contributed by atoms with Crippen molar-refractivity contribution in [2.75, 3.05) is 0 Å². The first kappa shape index (κ1) is 13.7. The number of para-hydroxylation sites is 1. The van der Waals surface area contributed by atoms with E-state index in [2.05, 4.69) is 9.82 Å². The monoisotopic (exact) mass is 280 g/mol. The van der Waals surface area contributed by atoms with Gasteiger partial charge in [-0.15, -0.1) is 0 Å². The van der Waals surface area contributed by atoms with Crippen LogP contribution in [0.25, 0.3) is 5.69 Å². The Hall–Kier alpha value is -1.70. The fourth-order valence-corrected chi connectivity index (χ4v) is 2.27. The Kier molecular flexibility index (Phi) is 3.70. The van der Waals surface area contributed by atoms with Gasteiger partial charge in [0, 0.05) is 17.8 Å². The molecule has 6 nitrogen and oxygen atoms in total. The van der Waals surface area contributed by atoms with Crippen molar-refractivity contribution < 1.29 is 8.42 Å². The Labute approximate surface area is 112 Å². The van der Waals surface area contributed by atoms with Crippen LogP contribution >= 0.6 is 0 Å². The summed E-state index contributed by atoms with van der Waals surface area (Å²) in [4.78, 5) is 0. The van der Waals surface area contributed by atoms with Crippen molar-refractivity contribution in [3.8, 4) is 5.69 Å². The second-order valence-corrected chi connectivity index (χ2v) is 5.64. The van der Waals surface area contributed by atoms with Crippen molar-refractivity contribution in [2.45, 2.75) is 20.4 Å². The first-order chi connectivity index (χ1) is 8.88. The lowest BCUT2D eigenvalue weighted by Gasteiger charge is -2.05. The number of hydrogen-bond donors (Lipinski definition) is 2. The molecule has 7 heteroatoms. The summed E-state index contributed by atoms with van der Waals surface area (Å²) in [6.45, 7) is 3.88. The van der Waals surface area contributed by atoms with E-state index in [4.69, 9.17) is 5.14 Å². The van der Waals surface area contributed by atoms with Gasteiger partial charge in [0.2, 0.25) is 0 Å². The minimum absolute atomic E-state index is 0.142. The van der Waals surface area contributed by atoms with Crippen LogP contribution in [-0.2, 0) is 16.8 Å². The van der Waals surface area contributed by atoms with E-state index in [1.807, 2.05) is 44.2 Å². The third-order valence-electron chi connectivity index (χ3n) is 2.89. The number of nitrogens with zero attached hydrogens (tertiary/aromatic N) is 2. The molecule has 0 aliphatic carbocycles. The molecule has 3 N–H and O–H groups in total. The molecule has 0 unspecified atom stereocenters. The number of aryl methyl sites for hydroxylation is 1. The van der Waals surface area contributed by atoms with Crippen LogP contribution in [0, 0.1) is 13.8 Å². The Bertz CT molecular complexity index is 677. The highest BCUT2D eigenvalue weighted by Crippen LogP contribution is 2.17. The smallest absolute Gasteiger partial charge is 0.238 e. The Balaban J connectivity index is 2.35. The number of hydrogen-bond acceptors (Lipinski definition) is 3. The van der Waals surface area contributed by atoms with Crippen LogP contribution in [0.2, 0.25) is 0 Å². The summed E-state index contributed by atoms with van der Waals surface area (Å²) in [5.41, 5.74) is 3.43. The van der Waals surface area contributed by atoms with E-state index in [1.54, 1.807) is 4.68 Å². The Morgan fingerprint density at radius 2 is 1.89 bits per heavy atom. The van der Waals surface area contributed by atoms with Crippen molar-refractivity contribution in [3.63, 3.8) is 0 Å². The largest absolute Gasteiger partial charge is 0.274 e. The van der Waals surface area contributed by atoms with E-state index in [-0.39, 0.29) is 6.54 Å². The molecular weight excluding hydrogens is 264 g/mol. The van der Waals surface area contributed by atoms with Gasteiger partial charge in [-0.2, -0.15) is 18.2 Å². The zero-order valence-electron chi connectivity index (χ0n) is 10.8. The normalized spacial score (nSPS) is 11.7. The standard InChI is InChI=1S/C12H16N4O2S/c1-9-12(8-14-19(13,17)18)10(2)16(15-9)11-6-4-3-5-7-11/h3-7,14H,8H2,1-2H3,(H2,13,17,18). The highest BCUT2D eigenvalue weighted by Gasteiger charge is 2.14. The van der Waals surface area contributed by atoms with Gasteiger partial charge in [-0.05, 0) is 26.0 Å². The average Bonchev–Trinajstić information content (AvgIpc) is 2.63. The summed E-state index contributed by atoms with van der Waals surface area (Å²) in [5, 5.41) is 9.36. The predicted molar refractivity (Wildman–Crippen MR) is 73.0 cm³/mol. The molecule has 0 saturated carbocycles. The highest BCUT2D eigenvalue weighted by molar-refractivity contribution is 7.87. The molecule has 0 atom stereocenters. The fourth-order valence-electron chi connectivity index (χ4n) is 1.92. The molecule has 0 saturated heterocycles. The molecular formula is C12H16N4O2S. The molecule has 2 aromatic rings. The van der Waals surface area contributed by atoms with E-state index in [0.717, 1.165) is 22.6 Å². The van der Waals surface area contributed by atoms with Crippen LogP contribution in [0.1, 0.15) is 17.0 Å². The lowest BCUT2D eigenvalue weighted by Crippen LogP contribution is -2.30. The first-order valence-electron chi connectivity index (χ1n) is 5.76. The molecule has 0 aliphatic rings. The van der Waals surface area contributed by atoms with Gasteiger partial charge in [0.1, 0.15) is 0 Å². The van der Waals surface area contributed by atoms with Gasteiger partial charge in [-0.25, -0.2) is 9.82 Å². The number of nitrogens with two attached hydrogens (primary N) is 1. The van der Waals surface area contributed by atoms with Gasteiger partial charge >= 0.3 is 0 Å². The maximum atomic E-state index is 10.9. The SMILES string of the molecule is Cc1nn(-c2ccccc2)c(C)c1CNS(N)(=O)=O. The number of nitrogens with one attached hydrogen (secondary N) is 1. The second kappa shape index (κ2) is 5.12. The van der Waals surface area contributed by atoms with E-state index in [0.29, 0.717) is 0 Å². The summed E-state index contributed by atoms with van der Waals surface area (Å²) in [7, 11) is -3.70. The summed E-state index contributed by atoms with van der Waals surface area (Å²) in [6, 6.07) is 9.66. The van der Waals surface area contributed by atoms with Gasteiger partial charge < -0.3 is 0 Å². The van der Waals surface area contributed by atoms with Crippen LogP contribution in [0.5, 0.6) is 0 Å². The fraction of sp³-hybridized carbons (Fsp3) is 0.250. The van der Waals surface area contributed by atoms with Crippen molar-refractivity contribution in [3.05, 3.63) is 47.3 Å². The third kappa shape index (κ3) is 3.19. The molecule has 2 rings (SSSR count). The maximum absolute atomic E-state index is 10.9. The van der Waals surface area contributed by atoms with Gasteiger partial charge in [-0.1, -0.05) is 18.2 Å². The molecule has 1 heterocycles. The zero-order valence-corrected chi connectivity index (χ0v) is 11.6. The zero-order chi connectivity index (χ0) is 14.0. The van der Waals surface area contributed by atoms with Crippen LogP contribution in [0.15, 0.2) is 30.3 Å². The summed E-state index contributed by atoms with van der Waals surface area (Å²) >= 11 is 0. The molecule has 1 aromatic heterocycles. The molecule has 0 amide bonds. The Morgan fingerprint density at radius 1 is 1.26 bits per heavy atom. The molecule has 0 spiro atoms. The minimum atomic E-state index is -3.70. The third-order valence-corrected chi connectivity index (χ3v) is 3.44. The van der Waals surface area contributed by atoms with E-state index >= 15 is 0 Å². The van der Waals surface area contributed by atoms with Gasteiger partial charge in [0.15, 0.2) is 0 Å². The molecule has 1 aromatic carbocycles. The quantitative estimate of drug-likeness (QED) is 0.867. The van der Waals surface area contributed by atoms with Gasteiger partial charge in [-0.3, -0.25) is 0 Å². The summed E-state index contributed by atoms with van der Waals surface area (Å²) in [5.74, 6) is 0. The van der Waals surface area contributed by atoms with Gasteiger partial charge in [0.05, 0.1) is 11.4 Å². The van der Waals surface area contributed by atoms with Crippen LogP contribution in [0.4, 0.5) is 0 Å². The number of aromatic nitrogens is 2. The minimum Gasteiger partial charge on any atom is -0.238 e. The predicted octanol–water partition coefficient (Wildman–Crippen LogP) is 0.782. The molecule has 0 radical (unpaired) electrons.